The van der Waals surface area contributed by atoms with E-state index in [4.69, 9.17) is 0 Å². The lowest BCUT2D eigenvalue weighted by Gasteiger charge is -2.16. The molecule has 0 spiro atoms. The van der Waals surface area contributed by atoms with Crippen LogP contribution in [0, 0.1) is 11.7 Å². The van der Waals surface area contributed by atoms with Crippen LogP contribution in [0.4, 0.5) is 17.6 Å². The SMILES string of the molecule is CN=C(NCc1ccc(F)cc1C(F)(F)F)NCC(C)C.I. The number of guanidine groups is 1. The largest absolute Gasteiger partial charge is 0.416 e. The topological polar surface area (TPSA) is 36.4 Å². The third-order valence-electron chi connectivity index (χ3n) is 2.72. The van der Waals surface area contributed by atoms with Crippen molar-refractivity contribution in [2.45, 2.75) is 26.6 Å². The molecule has 2 N–H and O–H groups in total. The van der Waals surface area contributed by atoms with Gasteiger partial charge < -0.3 is 10.6 Å². The van der Waals surface area contributed by atoms with Gasteiger partial charge in [0.2, 0.25) is 0 Å². The maximum atomic E-state index is 13.0. The zero-order valence-corrected chi connectivity index (χ0v) is 14.9. The first-order valence-corrected chi connectivity index (χ1v) is 6.54. The van der Waals surface area contributed by atoms with Crippen LogP contribution in [0.5, 0.6) is 0 Å². The van der Waals surface area contributed by atoms with Crippen LogP contribution < -0.4 is 10.6 Å². The lowest BCUT2D eigenvalue weighted by molar-refractivity contribution is -0.138. The molecule has 0 aromatic heterocycles. The van der Waals surface area contributed by atoms with Gasteiger partial charge in [-0.2, -0.15) is 13.2 Å². The summed E-state index contributed by atoms with van der Waals surface area (Å²) in [5.41, 5.74) is -1.01. The molecule has 1 rings (SSSR count). The van der Waals surface area contributed by atoms with Gasteiger partial charge in [0.25, 0.3) is 0 Å². The van der Waals surface area contributed by atoms with Gasteiger partial charge in [0.15, 0.2) is 5.96 Å². The predicted molar refractivity (Wildman–Crippen MR) is 89.9 cm³/mol. The summed E-state index contributed by atoms with van der Waals surface area (Å²) < 4.78 is 51.5. The van der Waals surface area contributed by atoms with Gasteiger partial charge in [-0.25, -0.2) is 4.39 Å². The van der Waals surface area contributed by atoms with Crippen molar-refractivity contribution in [2.75, 3.05) is 13.6 Å². The van der Waals surface area contributed by atoms with Gasteiger partial charge in [-0.1, -0.05) is 19.9 Å². The summed E-state index contributed by atoms with van der Waals surface area (Å²) in [7, 11) is 1.53. The minimum Gasteiger partial charge on any atom is -0.356 e. The van der Waals surface area contributed by atoms with E-state index in [0.717, 1.165) is 12.1 Å². The molecule has 0 radical (unpaired) electrons. The maximum absolute atomic E-state index is 13.0. The molecule has 0 aliphatic rings. The van der Waals surface area contributed by atoms with Crippen molar-refractivity contribution in [2.24, 2.45) is 10.9 Å². The number of nitrogens with zero attached hydrogens (tertiary/aromatic N) is 1. The molecule has 1 aromatic carbocycles. The van der Waals surface area contributed by atoms with Crippen LogP contribution in [0.15, 0.2) is 23.2 Å². The summed E-state index contributed by atoms with van der Waals surface area (Å²) in [4.78, 5) is 3.92. The van der Waals surface area contributed by atoms with Gasteiger partial charge in [0.05, 0.1) is 5.56 Å². The van der Waals surface area contributed by atoms with E-state index in [9.17, 15) is 17.6 Å². The van der Waals surface area contributed by atoms with Crippen LogP contribution in [0.25, 0.3) is 0 Å². The fourth-order valence-corrected chi connectivity index (χ4v) is 1.67. The zero-order valence-electron chi connectivity index (χ0n) is 12.6. The van der Waals surface area contributed by atoms with E-state index >= 15 is 0 Å². The second-order valence-electron chi connectivity index (χ2n) is 5.00. The number of rotatable bonds is 4. The van der Waals surface area contributed by atoms with Crippen molar-refractivity contribution in [1.82, 2.24) is 10.6 Å². The predicted octanol–water partition coefficient (Wildman–Crippen LogP) is 3.78. The molecule has 0 aliphatic carbocycles. The standard InChI is InChI=1S/C14H19F4N3.HI/c1-9(2)7-20-13(19-3)21-8-10-4-5-11(15)6-12(10)14(16,17)18;/h4-6,9H,7-8H2,1-3H3,(H2,19,20,21);1H. The van der Waals surface area contributed by atoms with E-state index < -0.39 is 17.6 Å². The molecule has 3 nitrogen and oxygen atoms in total. The average molecular weight is 433 g/mol. The number of hydrogen-bond acceptors (Lipinski definition) is 1. The van der Waals surface area contributed by atoms with Gasteiger partial charge in [0.1, 0.15) is 5.82 Å². The normalized spacial score (nSPS) is 12.1. The van der Waals surface area contributed by atoms with Crippen LogP contribution in [0.3, 0.4) is 0 Å². The Labute approximate surface area is 144 Å². The molecular weight excluding hydrogens is 413 g/mol. The maximum Gasteiger partial charge on any atom is 0.416 e. The number of halogens is 5. The summed E-state index contributed by atoms with van der Waals surface area (Å²) in [6.45, 7) is 4.56. The molecule has 0 aliphatic heterocycles. The molecule has 22 heavy (non-hydrogen) atoms. The van der Waals surface area contributed by atoms with Gasteiger partial charge in [-0.3, -0.25) is 4.99 Å². The number of nitrogens with one attached hydrogen (secondary N) is 2. The highest BCUT2D eigenvalue weighted by atomic mass is 127. The van der Waals surface area contributed by atoms with E-state index in [1.165, 1.54) is 7.05 Å². The average Bonchev–Trinajstić information content (AvgIpc) is 2.38. The van der Waals surface area contributed by atoms with Crippen molar-refractivity contribution < 1.29 is 17.6 Å². The summed E-state index contributed by atoms with van der Waals surface area (Å²) in [6, 6.07) is 2.64. The fraction of sp³-hybridized carbons (Fsp3) is 0.500. The highest BCUT2D eigenvalue weighted by Gasteiger charge is 2.33. The van der Waals surface area contributed by atoms with Crippen LogP contribution in [-0.2, 0) is 12.7 Å². The first-order valence-electron chi connectivity index (χ1n) is 6.54. The number of hydrogen-bond donors (Lipinski definition) is 2. The molecule has 0 heterocycles. The van der Waals surface area contributed by atoms with E-state index in [0.29, 0.717) is 24.5 Å². The molecule has 126 valence electrons. The molecule has 0 amide bonds. The Kier molecular flexibility index (Phi) is 8.72. The Morgan fingerprint density at radius 1 is 1.23 bits per heavy atom. The Hall–Kier alpha value is -1.06. The second kappa shape index (κ2) is 9.16. The molecule has 1 aromatic rings. The summed E-state index contributed by atoms with van der Waals surface area (Å²) in [5, 5.41) is 5.78. The Balaban J connectivity index is 0.00000441. The fourth-order valence-electron chi connectivity index (χ4n) is 1.67. The second-order valence-corrected chi connectivity index (χ2v) is 5.00. The van der Waals surface area contributed by atoms with Crippen molar-refractivity contribution in [3.63, 3.8) is 0 Å². The van der Waals surface area contributed by atoms with Crippen molar-refractivity contribution in [3.8, 4) is 0 Å². The molecule has 0 saturated heterocycles. The monoisotopic (exact) mass is 433 g/mol. The summed E-state index contributed by atoms with van der Waals surface area (Å²) >= 11 is 0. The minimum atomic E-state index is -4.59. The molecule has 0 bridgehead atoms. The molecular formula is C14H20F4IN3. The third kappa shape index (κ3) is 6.80. The summed E-state index contributed by atoms with van der Waals surface area (Å²) in [5.74, 6) is -0.130. The first-order chi connectivity index (χ1) is 9.74. The number of aliphatic imine (C=N–C) groups is 1. The highest BCUT2D eigenvalue weighted by molar-refractivity contribution is 14.0. The van der Waals surface area contributed by atoms with Gasteiger partial charge >= 0.3 is 6.18 Å². The van der Waals surface area contributed by atoms with Gasteiger partial charge in [-0.15, -0.1) is 24.0 Å². The highest BCUT2D eigenvalue weighted by Crippen LogP contribution is 2.32. The van der Waals surface area contributed by atoms with E-state index in [-0.39, 0.29) is 36.1 Å². The third-order valence-corrected chi connectivity index (χ3v) is 2.72. The van der Waals surface area contributed by atoms with Crippen LogP contribution in [0.1, 0.15) is 25.0 Å². The Morgan fingerprint density at radius 2 is 1.86 bits per heavy atom. The van der Waals surface area contributed by atoms with Crippen molar-refractivity contribution in [3.05, 3.63) is 35.1 Å². The Bertz CT molecular complexity index is 501. The van der Waals surface area contributed by atoms with E-state index in [1.807, 2.05) is 13.8 Å². The van der Waals surface area contributed by atoms with Gasteiger partial charge in [-0.05, 0) is 23.6 Å². The van der Waals surface area contributed by atoms with E-state index in [2.05, 4.69) is 15.6 Å². The van der Waals surface area contributed by atoms with Gasteiger partial charge in [0, 0.05) is 20.1 Å². The molecule has 0 unspecified atom stereocenters. The lowest BCUT2D eigenvalue weighted by atomic mass is 10.1. The molecule has 0 atom stereocenters. The number of benzene rings is 1. The summed E-state index contributed by atoms with van der Waals surface area (Å²) in [6.07, 6.45) is -4.59. The first kappa shape index (κ1) is 20.9. The molecule has 8 heteroatoms. The molecule has 0 saturated carbocycles. The van der Waals surface area contributed by atoms with Crippen LogP contribution in [-0.4, -0.2) is 19.6 Å². The smallest absolute Gasteiger partial charge is 0.356 e. The van der Waals surface area contributed by atoms with Crippen LogP contribution in [0.2, 0.25) is 0 Å². The van der Waals surface area contributed by atoms with Crippen molar-refractivity contribution in [1.29, 1.82) is 0 Å². The molecule has 0 fully saturated rings. The minimum absolute atomic E-state index is 0. The Morgan fingerprint density at radius 3 is 2.36 bits per heavy atom. The number of alkyl halides is 3. The van der Waals surface area contributed by atoms with Crippen LogP contribution >= 0.6 is 24.0 Å². The quantitative estimate of drug-likeness (QED) is 0.328. The lowest BCUT2D eigenvalue weighted by Crippen LogP contribution is -2.39. The zero-order chi connectivity index (χ0) is 16.0. The van der Waals surface area contributed by atoms with E-state index in [1.54, 1.807) is 0 Å². The van der Waals surface area contributed by atoms with Crippen molar-refractivity contribution >= 4 is 29.9 Å².